The fourth-order valence-corrected chi connectivity index (χ4v) is 4.71. The van der Waals surface area contributed by atoms with Crippen LogP contribution in [0.5, 0.6) is 5.75 Å². The molecular weight excluding hydrogens is 479 g/mol. The third-order valence-electron chi connectivity index (χ3n) is 4.31. The molecule has 3 heterocycles. The number of nitrogens with one attached hydrogen (secondary N) is 1. The molecule has 1 amide bonds. The summed E-state index contributed by atoms with van der Waals surface area (Å²) in [6.07, 6.45) is 2.67. The van der Waals surface area contributed by atoms with Crippen molar-refractivity contribution in [3.63, 3.8) is 0 Å². The Labute approximate surface area is 173 Å². The molecule has 0 fully saturated rings. The lowest BCUT2D eigenvalue weighted by Crippen LogP contribution is -2.19. The highest BCUT2D eigenvalue weighted by Crippen LogP contribution is 2.38. The number of aryl methyl sites for hydroxylation is 1. The number of anilines is 1. The third kappa shape index (κ3) is 3.55. The first kappa shape index (κ1) is 18.3. The van der Waals surface area contributed by atoms with E-state index in [2.05, 4.69) is 48.9 Å². The maximum atomic E-state index is 11.7. The van der Waals surface area contributed by atoms with Gasteiger partial charge in [0.2, 0.25) is 5.91 Å². The number of nitrogen functional groups attached to an aromatic ring is 1. The molecule has 2 aromatic heterocycles. The van der Waals surface area contributed by atoms with Gasteiger partial charge in [-0.05, 0) is 40.3 Å². The second-order valence-corrected chi connectivity index (χ2v) is 8.16. The van der Waals surface area contributed by atoms with Gasteiger partial charge in [0.15, 0.2) is 22.1 Å². The summed E-state index contributed by atoms with van der Waals surface area (Å²) in [6.45, 7) is 1.17. The molecule has 0 spiro atoms. The molecule has 0 bridgehead atoms. The Hall–Kier alpha value is -2.08. The Balaban J connectivity index is 1.74. The molecule has 0 saturated heterocycles. The number of amides is 1. The average molecular weight is 496 g/mol. The number of rotatable bonds is 5. The minimum atomic E-state index is -0.0460. The predicted octanol–water partition coefficient (Wildman–Crippen LogP) is 2.24. The Bertz CT molecular complexity index is 1040. The van der Waals surface area contributed by atoms with E-state index in [1.807, 2.05) is 10.6 Å². The van der Waals surface area contributed by atoms with Gasteiger partial charge in [-0.25, -0.2) is 15.0 Å². The highest BCUT2D eigenvalue weighted by molar-refractivity contribution is 14.1. The zero-order valence-corrected chi connectivity index (χ0v) is 17.5. The molecule has 140 valence electrons. The van der Waals surface area contributed by atoms with Crippen molar-refractivity contribution in [3.05, 3.63) is 27.6 Å². The molecule has 27 heavy (non-hydrogen) atoms. The quantitative estimate of drug-likeness (QED) is 0.522. The van der Waals surface area contributed by atoms with Crippen LogP contribution in [0.1, 0.15) is 12.0 Å². The smallest absolute Gasteiger partial charge is 0.221 e. The summed E-state index contributed by atoms with van der Waals surface area (Å²) in [5, 5.41) is 3.36. The van der Waals surface area contributed by atoms with Gasteiger partial charge in [0.05, 0.1) is 6.61 Å². The van der Waals surface area contributed by atoms with Crippen molar-refractivity contribution >= 4 is 57.2 Å². The number of nitrogens with zero attached hydrogens (tertiary/aromatic N) is 4. The summed E-state index contributed by atoms with van der Waals surface area (Å²) >= 11 is 3.84. The van der Waals surface area contributed by atoms with Crippen LogP contribution in [0.2, 0.25) is 0 Å². The van der Waals surface area contributed by atoms with Crippen LogP contribution in [-0.4, -0.2) is 39.1 Å². The molecule has 1 aliphatic heterocycles. The number of aromatic nitrogens is 4. The van der Waals surface area contributed by atoms with Crippen LogP contribution in [0.15, 0.2) is 28.5 Å². The Kier molecular flexibility index (Phi) is 5.08. The number of nitrogens with two attached hydrogens (primary N) is 1. The SMILES string of the molecule is CNC(=O)CCn1c(Sc2cc3c(cc2I)CCO3)nc2c(N)ncnc21. The molecule has 3 aromatic rings. The van der Waals surface area contributed by atoms with Crippen molar-refractivity contribution < 1.29 is 9.53 Å². The average Bonchev–Trinajstić information content (AvgIpc) is 3.25. The summed E-state index contributed by atoms with van der Waals surface area (Å²) < 4.78 is 8.74. The first-order chi connectivity index (χ1) is 13.1. The summed E-state index contributed by atoms with van der Waals surface area (Å²) in [4.78, 5) is 25.8. The molecule has 0 unspecified atom stereocenters. The maximum absolute atomic E-state index is 11.7. The van der Waals surface area contributed by atoms with E-state index in [0.29, 0.717) is 29.9 Å². The highest BCUT2D eigenvalue weighted by Gasteiger charge is 2.20. The van der Waals surface area contributed by atoms with Crippen LogP contribution in [0.4, 0.5) is 5.82 Å². The number of ether oxygens (including phenoxy) is 1. The second kappa shape index (κ2) is 7.50. The van der Waals surface area contributed by atoms with Gasteiger partial charge in [-0.15, -0.1) is 0 Å². The normalized spacial score (nSPS) is 12.8. The van der Waals surface area contributed by atoms with Crippen molar-refractivity contribution in [2.75, 3.05) is 19.4 Å². The van der Waals surface area contributed by atoms with Crippen molar-refractivity contribution in [1.29, 1.82) is 0 Å². The van der Waals surface area contributed by atoms with Gasteiger partial charge in [0.25, 0.3) is 0 Å². The number of imidazole rings is 1. The zero-order valence-electron chi connectivity index (χ0n) is 14.5. The van der Waals surface area contributed by atoms with Crippen LogP contribution in [-0.2, 0) is 17.8 Å². The number of carbonyl (C=O) groups excluding carboxylic acids is 1. The summed E-state index contributed by atoms with van der Waals surface area (Å²) in [5.74, 6) is 1.20. The van der Waals surface area contributed by atoms with Crippen molar-refractivity contribution in [1.82, 2.24) is 24.8 Å². The lowest BCUT2D eigenvalue weighted by molar-refractivity contribution is -0.120. The number of hydrogen-bond donors (Lipinski definition) is 2. The molecular formula is C17H17IN6O2S. The lowest BCUT2D eigenvalue weighted by Gasteiger charge is -2.10. The van der Waals surface area contributed by atoms with E-state index >= 15 is 0 Å². The number of halogens is 1. The van der Waals surface area contributed by atoms with Gasteiger partial charge in [0.1, 0.15) is 12.1 Å². The maximum Gasteiger partial charge on any atom is 0.221 e. The van der Waals surface area contributed by atoms with E-state index < -0.39 is 0 Å². The summed E-state index contributed by atoms with van der Waals surface area (Å²) in [7, 11) is 1.62. The number of hydrogen-bond acceptors (Lipinski definition) is 7. The van der Waals surface area contributed by atoms with Crippen LogP contribution in [0.25, 0.3) is 11.2 Å². The highest BCUT2D eigenvalue weighted by atomic mass is 127. The molecule has 3 N–H and O–H groups in total. The third-order valence-corrected chi connectivity index (χ3v) is 6.62. The van der Waals surface area contributed by atoms with Gasteiger partial charge < -0.3 is 20.4 Å². The predicted molar refractivity (Wildman–Crippen MR) is 111 cm³/mol. The molecule has 0 radical (unpaired) electrons. The monoisotopic (exact) mass is 496 g/mol. The Morgan fingerprint density at radius 3 is 3.11 bits per heavy atom. The topological polar surface area (TPSA) is 108 Å². The fraction of sp³-hybridized carbons (Fsp3) is 0.294. The molecule has 1 aromatic carbocycles. The molecule has 4 rings (SSSR count). The lowest BCUT2D eigenvalue weighted by atomic mass is 10.2. The minimum absolute atomic E-state index is 0.0460. The van der Waals surface area contributed by atoms with Gasteiger partial charge >= 0.3 is 0 Å². The van der Waals surface area contributed by atoms with Crippen LogP contribution in [0.3, 0.4) is 0 Å². The molecule has 10 heteroatoms. The first-order valence-corrected chi connectivity index (χ1v) is 10.3. The van der Waals surface area contributed by atoms with E-state index in [1.165, 1.54) is 23.7 Å². The van der Waals surface area contributed by atoms with Crippen molar-refractivity contribution in [2.45, 2.75) is 29.4 Å². The minimum Gasteiger partial charge on any atom is -0.493 e. The van der Waals surface area contributed by atoms with Crippen molar-refractivity contribution in [2.24, 2.45) is 0 Å². The number of fused-ring (bicyclic) bond motifs is 2. The fourth-order valence-electron chi connectivity index (χ4n) is 2.90. The van der Waals surface area contributed by atoms with E-state index in [1.54, 1.807) is 7.05 Å². The second-order valence-electron chi connectivity index (χ2n) is 5.99. The summed E-state index contributed by atoms with van der Waals surface area (Å²) in [6, 6.07) is 4.20. The largest absolute Gasteiger partial charge is 0.493 e. The van der Waals surface area contributed by atoms with Gasteiger partial charge in [-0.3, -0.25) is 4.79 Å². The Morgan fingerprint density at radius 1 is 1.44 bits per heavy atom. The van der Waals surface area contributed by atoms with Crippen LogP contribution >= 0.6 is 34.4 Å². The molecule has 1 aliphatic rings. The molecule has 8 nitrogen and oxygen atoms in total. The van der Waals surface area contributed by atoms with Crippen molar-refractivity contribution in [3.8, 4) is 5.75 Å². The van der Waals surface area contributed by atoms with Crippen LogP contribution < -0.4 is 15.8 Å². The zero-order chi connectivity index (χ0) is 19.0. The number of benzene rings is 1. The standard InChI is InChI=1S/C17H17IN6O2S/c1-20-13(25)2-4-24-16-14(15(19)21-8-22-16)23-17(24)27-12-7-11-9(3-5-26-11)6-10(12)18/h6-8H,2-5H2,1H3,(H,20,25)(H2,19,21,22). The Morgan fingerprint density at radius 2 is 2.30 bits per heavy atom. The van der Waals surface area contributed by atoms with Gasteiger partial charge in [-0.2, -0.15) is 0 Å². The van der Waals surface area contributed by atoms with E-state index in [4.69, 9.17) is 10.5 Å². The molecule has 0 atom stereocenters. The molecule has 0 saturated carbocycles. The summed E-state index contributed by atoms with van der Waals surface area (Å²) in [5.41, 5.74) is 8.38. The van der Waals surface area contributed by atoms with E-state index in [9.17, 15) is 4.79 Å². The first-order valence-electron chi connectivity index (χ1n) is 8.37. The van der Waals surface area contributed by atoms with E-state index in [-0.39, 0.29) is 5.91 Å². The molecule has 0 aliphatic carbocycles. The van der Waals surface area contributed by atoms with Gasteiger partial charge in [-0.1, -0.05) is 11.8 Å². The number of carbonyl (C=O) groups is 1. The van der Waals surface area contributed by atoms with Crippen LogP contribution in [0, 0.1) is 3.57 Å². The van der Waals surface area contributed by atoms with E-state index in [0.717, 1.165) is 32.4 Å². The van der Waals surface area contributed by atoms with Gasteiger partial charge in [0, 0.05) is 34.9 Å².